The first-order valence-electron chi connectivity index (χ1n) is 6.41. The first-order chi connectivity index (χ1) is 8.72. The number of aromatic nitrogens is 2. The molecule has 4 nitrogen and oxygen atoms in total. The molecule has 98 valence electrons. The van der Waals surface area contributed by atoms with Crippen LogP contribution in [0.25, 0.3) is 0 Å². The van der Waals surface area contributed by atoms with E-state index in [0.29, 0.717) is 6.04 Å². The van der Waals surface area contributed by atoms with Crippen LogP contribution in [0.1, 0.15) is 25.7 Å². The van der Waals surface area contributed by atoms with Gasteiger partial charge in [0.25, 0.3) is 0 Å². The van der Waals surface area contributed by atoms with E-state index in [1.54, 1.807) is 0 Å². The molecule has 0 bridgehead atoms. The lowest BCUT2D eigenvalue weighted by Gasteiger charge is -2.35. The third kappa shape index (κ3) is 2.42. The number of rotatable bonds is 2. The minimum Gasteiger partial charge on any atom is -0.365 e. The standard InChI is InChI=1S/C12H16ClFN4/c13-12-15-7-10(14)11(17-12)16-8-3-5-18-4-1-2-9(18)6-8/h7-9H,1-6H2,(H,15,16,17). The summed E-state index contributed by atoms with van der Waals surface area (Å²) >= 11 is 5.69. The van der Waals surface area contributed by atoms with Crippen LogP contribution in [-0.2, 0) is 0 Å². The lowest BCUT2D eigenvalue weighted by atomic mass is 9.97. The maximum Gasteiger partial charge on any atom is 0.224 e. The summed E-state index contributed by atoms with van der Waals surface area (Å²) in [6.45, 7) is 2.30. The van der Waals surface area contributed by atoms with Crippen LogP contribution < -0.4 is 5.32 Å². The van der Waals surface area contributed by atoms with E-state index in [1.807, 2.05) is 0 Å². The summed E-state index contributed by atoms with van der Waals surface area (Å²) in [5.74, 6) is -0.209. The molecule has 18 heavy (non-hydrogen) atoms. The van der Waals surface area contributed by atoms with Gasteiger partial charge in [-0.2, -0.15) is 4.98 Å². The third-order valence-electron chi connectivity index (χ3n) is 3.88. The van der Waals surface area contributed by atoms with Gasteiger partial charge < -0.3 is 10.2 Å². The molecule has 0 amide bonds. The lowest BCUT2D eigenvalue weighted by Crippen LogP contribution is -2.43. The molecule has 0 saturated carbocycles. The van der Waals surface area contributed by atoms with Crippen LogP contribution in [0.5, 0.6) is 0 Å². The van der Waals surface area contributed by atoms with Gasteiger partial charge in [-0.15, -0.1) is 0 Å². The average Bonchev–Trinajstić information content (AvgIpc) is 2.81. The van der Waals surface area contributed by atoms with E-state index in [9.17, 15) is 4.39 Å². The maximum absolute atomic E-state index is 13.5. The fraction of sp³-hybridized carbons (Fsp3) is 0.667. The SMILES string of the molecule is Fc1cnc(Cl)nc1NC1CCN2CCCC2C1. The summed E-state index contributed by atoms with van der Waals surface area (Å²) in [7, 11) is 0. The molecule has 0 spiro atoms. The predicted octanol–water partition coefficient (Wildman–Crippen LogP) is 2.31. The number of halogens is 2. The molecular weight excluding hydrogens is 255 g/mol. The highest BCUT2D eigenvalue weighted by Crippen LogP contribution is 2.28. The molecule has 1 aromatic rings. The molecule has 3 heterocycles. The number of hydrogen-bond donors (Lipinski definition) is 1. The van der Waals surface area contributed by atoms with E-state index in [0.717, 1.165) is 25.6 Å². The molecule has 2 atom stereocenters. The van der Waals surface area contributed by atoms with Crippen LogP contribution in [0.4, 0.5) is 10.2 Å². The predicted molar refractivity (Wildman–Crippen MR) is 68.2 cm³/mol. The van der Waals surface area contributed by atoms with Crippen molar-refractivity contribution in [2.75, 3.05) is 18.4 Å². The summed E-state index contributed by atoms with van der Waals surface area (Å²) in [5, 5.41) is 3.25. The second-order valence-electron chi connectivity index (χ2n) is 5.03. The number of nitrogens with zero attached hydrogens (tertiary/aromatic N) is 3. The number of anilines is 1. The molecule has 1 aromatic heterocycles. The van der Waals surface area contributed by atoms with Crippen molar-refractivity contribution >= 4 is 17.4 Å². The number of fused-ring (bicyclic) bond motifs is 1. The Hall–Kier alpha value is -0.940. The first-order valence-corrected chi connectivity index (χ1v) is 6.79. The van der Waals surface area contributed by atoms with E-state index in [-0.39, 0.29) is 17.1 Å². The Morgan fingerprint density at radius 2 is 2.28 bits per heavy atom. The number of piperidine rings is 1. The van der Waals surface area contributed by atoms with Crippen molar-refractivity contribution in [1.82, 2.24) is 14.9 Å². The smallest absolute Gasteiger partial charge is 0.224 e. The topological polar surface area (TPSA) is 41.1 Å². The molecule has 0 radical (unpaired) electrons. The Morgan fingerprint density at radius 3 is 3.17 bits per heavy atom. The number of nitrogens with one attached hydrogen (secondary N) is 1. The van der Waals surface area contributed by atoms with E-state index < -0.39 is 5.82 Å². The van der Waals surface area contributed by atoms with Crippen LogP contribution in [0.15, 0.2) is 6.20 Å². The van der Waals surface area contributed by atoms with Crippen LogP contribution in [0.3, 0.4) is 0 Å². The molecular formula is C12H16ClFN4. The normalized spacial score (nSPS) is 28.1. The zero-order valence-electron chi connectivity index (χ0n) is 10.1. The van der Waals surface area contributed by atoms with E-state index in [1.165, 1.54) is 19.4 Å². The van der Waals surface area contributed by atoms with Gasteiger partial charge in [-0.25, -0.2) is 9.37 Å². The summed E-state index contributed by atoms with van der Waals surface area (Å²) in [6.07, 6.45) is 5.73. The van der Waals surface area contributed by atoms with E-state index >= 15 is 0 Å². The van der Waals surface area contributed by atoms with Gasteiger partial charge in [0.2, 0.25) is 5.28 Å². The second-order valence-corrected chi connectivity index (χ2v) is 5.37. The minimum atomic E-state index is -0.437. The van der Waals surface area contributed by atoms with Crippen molar-refractivity contribution in [3.05, 3.63) is 17.3 Å². The Morgan fingerprint density at radius 1 is 1.39 bits per heavy atom. The molecule has 2 aliphatic heterocycles. The molecule has 1 N–H and O–H groups in total. The Bertz CT molecular complexity index is 442. The van der Waals surface area contributed by atoms with Gasteiger partial charge in [0.1, 0.15) is 0 Å². The van der Waals surface area contributed by atoms with Gasteiger partial charge in [-0.3, -0.25) is 0 Å². The first kappa shape index (κ1) is 12.1. The van der Waals surface area contributed by atoms with Crippen molar-refractivity contribution in [3.8, 4) is 0 Å². The average molecular weight is 271 g/mol. The Kier molecular flexibility index (Phi) is 3.35. The van der Waals surface area contributed by atoms with Crippen molar-refractivity contribution in [3.63, 3.8) is 0 Å². The van der Waals surface area contributed by atoms with Crippen molar-refractivity contribution in [2.24, 2.45) is 0 Å². The summed E-state index contributed by atoms with van der Waals surface area (Å²) in [4.78, 5) is 10.1. The fourth-order valence-corrected chi connectivity index (χ4v) is 3.13. The zero-order valence-corrected chi connectivity index (χ0v) is 10.8. The van der Waals surface area contributed by atoms with Gasteiger partial charge in [0.15, 0.2) is 11.6 Å². The van der Waals surface area contributed by atoms with Gasteiger partial charge in [0.05, 0.1) is 6.20 Å². The van der Waals surface area contributed by atoms with Crippen LogP contribution in [0, 0.1) is 5.82 Å². The molecule has 0 aromatic carbocycles. The van der Waals surface area contributed by atoms with Crippen molar-refractivity contribution in [1.29, 1.82) is 0 Å². The van der Waals surface area contributed by atoms with Crippen molar-refractivity contribution in [2.45, 2.75) is 37.8 Å². The monoisotopic (exact) mass is 270 g/mol. The quantitative estimate of drug-likeness (QED) is 0.838. The largest absolute Gasteiger partial charge is 0.365 e. The fourth-order valence-electron chi connectivity index (χ4n) is 3.00. The Labute approximate surface area is 111 Å². The van der Waals surface area contributed by atoms with E-state index in [4.69, 9.17) is 11.6 Å². The summed E-state index contributed by atoms with van der Waals surface area (Å²) in [5.41, 5.74) is 0. The highest BCUT2D eigenvalue weighted by molar-refractivity contribution is 6.28. The molecule has 2 saturated heterocycles. The molecule has 2 aliphatic rings. The molecule has 2 unspecified atom stereocenters. The molecule has 3 rings (SSSR count). The maximum atomic E-state index is 13.5. The highest BCUT2D eigenvalue weighted by Gasteiger charge is 2.31. The van der Waals surface area contributed by atoms with Crippen molar-refractivity contribution < 1.29 is 4.39 Å². The molecule has 6 heteroatoms. The summed E-state index contributed by atoms with van der Waals surface area (Å²) in [6, 6.07) is 0.932. The van der Waals surface area contributed by atoms with Gasteiger partial charge in [-0.1, -0.05) is 0 Å². The minimum absolute atomic E-state index is 0.0807. The van der Waals surface area contributed by atoms with Crippen LogP contribution in [-0.4, -0.2) is 40.0 Å². The van der Waals surface area contributed by atoms with Crippen LogP contribution >= 0.6 is 11.6 Å². The zero-order chi connectivity index (χ0) is 12.5. The summed E-state index contributed by atoms with van der Waals surface area (Å²) < 4.78 is 13.5. The Balaban J connectivity index is 1.67. The lowest BCUT2D eigenvalue weighted by molar-refractivity contribution is 0.188. The number of hydrogen-bond acceptors (Lipinski definition) is 4. The van der Waals surface area contributed by atoms with E-state index in [2.05, 4.69) is 20.2 Å². The van der Waals surface area contributed by atoms with Gasteiger partial charge in [-0.05, 0) is 43.8 Å². The molecule has 2 fully saturated rings. The third-order valence-corrected chi connectivity index (χ3v) is 4.06. The highest BCUT2D eigenvalue weighted by atomic mass is 35.5. The van der Waals surface area contributed by atoms with Crippen LogP contribution in [0.2, 0.25) is 5.28 Å². The molecule has 0 aliphatic carbocycles. The second kappa shape index (κ2) is 4.97. The van der Waals surface area contributed by atoms with Gasteiger partial charge >= 0.3 is 0 Å². The van der Waals surface area contributed by atoms with Gasteiger partial charge in [0, 0.05) is 18.6 Å².